The van der Waals surface area contributed by atoms with Crippen LogP contribution in [0.5, 0.6) is 0 Å². The Labute approximate surface area is 60.2 Å². The normalized spacial score (nSPS) is 47.6. The highest BCUT2D eigenvalue weighted by Gasteiger charge is 2.29. The van der Waals surface area contributed by atoms with Gasteiger partial charge in [-0.05, 0) is 18.8 Å². The maximum atomic E-state index is 5.88. The molecule has 0 amide bonds. The van der Waals surface area contributed by atoms with E-state index in [1.807, 2.05) is 0 Å². The second kappa shape index (κ2) is 2.45. The van der Waals surface area contributed by atoms with Gasteiger partial charge in [-0.1, -0.05) is 6.92 Å². The van der Waals surface area contributed by atoms with Crippen LogP contribution in [0.25, 0.3) is 0 Å². The molecule has 0 heterocycles. The Balaban J connectivity index is 2.44. The molecule has 1 aliphatic rings. The van der Waals surface area contributed by atoms with E-state index in [4.69, 9.17) is 23.2 Å². The fourth-order valence-corrected chi connectivity index (χ4v) is 1.72. The van der Waals surface area contributed by atoms with Crippen molar-refractivity contribution in [3.63, 3.8) is 0 Å². The lowest BCUT2D eigenvalue weighted by Crippen LogP contribution is -2.11. The van der Waals surface area contributed by atoms with Gasteiger partial charge in [-0.2, -0.15) is 0 Å². The summed E-state index contributed by atoms with van der Waals surface area (Å²) < 4.78 is 0. The smallest absolute Gasteiger partial charge is 0.0525 e. The average molecular weight is 153 g/mol. The Morgan fingerprint density at radius 2 is 1.88 bits per heavy atom. The van der Waals surface area contributed by atoms with Crippen molar-refractivity contribution in [1.82, 2.24) is 0 Å². The van der Waals surface area contributed by atoms with Gasteiger partial charge in [-0.3, -0.25) is 0 Å². The molecule has 0 aromatic heterocycles. The zero-order valence-corrected chi connectivity index (χ0v) is 6.41. The molecule has 0 saturated heterocycles. The van der Waals surface area contributed by atoms with Gasteiger partial charge in [0.2, 0.25) is 0 Å². The molecule has 1 saturated carbocycles. The Bertz CT molecular complexity index is 72.6. The molecular formula is C6H10Cl2. The summed E-state index contributed by atoms with van der Waals surface area (Å²) >= 11 is 11.7. The number of alkyl halides is 2. The Hall–Kier alpha value is 0.580. The van der Waals surface area contributed by atoms with E-state index in [2.05, 4.69) is 6.92 Å². The van der Waals surface area contributed by atoms with Crippen molar-refractivity contribution < 1.29 is 0 Å². The van der Waals surface area contributed by atoms with Gasteiger partial charge < -0.3 is 0 Å². The fourth-order valence-electron chi connectivity index (χ4n) is 1.10. The molecule has 0 bridgehead atoms. The molecule has 1 rings (SSSR count). The van der Waals surface area contributed by atoms with Crippen LogP contribution in [0.15, 0.2) is 0 Å². The molecule has 2 heteroatoms. The van der Waals surface area contributed by atoms with Crippen molar-refractivity contribution >= 4 is 23.2 Å². The van der Waals surface area contributed by atoms with Gasteiger partial charge in [0.1, 0.15) is 0 Å². The van der Waals surface area contributed by atoms with Crippen LogP contribution in [0.1, 0.15) is 19.8 Å². The third-order valence-electron chi connectivity index (χ3n) is 1.79. The van der Waals surface area contributed by atoms with Gasteiger partial charge in [0.05, 0.1) is 10.8 Å². The van der Waals surface area contributed by atoms with E-state index in [1.54, 1.807) is 0 Å². The zero-order valence-electron chi connectivity index (χ0n) is 4.90. The highest BCUT2D eigenvalue weighted by Crippen LogP contribution is 2.33. The van der Waals surface area contributed by atoms with Gasteiger partial charge in [-0.15, -0.1) is 23.2 Å². The summed E-state index contributed by atoms with van der Waals surface area (Å²) in [7, 11) is 0. The first-order valence-electron chi connectivity index (χ1n) is 3.00. The van der Waals surface area contributed by atoms with Crippen LogP contribution in [-0.4, -0.2) is 10.8 Å². The molecule has 48 valence electrons. The van der Waals surface area contributed by atoms with Gasteiger partial charge in [0.25, 0.3) is 0 Å². The molecule has 0 radical (unpaired) electrons. The summed E-state index contributed by atoms with van der Waals surface area (Å²) in [4.78, 5) is 0. The topological polar surface area (TPSA) is 0 Å². The van der Waals surface area contributed by atoms with E-state index in [-0.39, 0.29) is 10.8 Å². The number of rotatable bonds is 0. The van der Waals surface area contributed by atoms with Crippen molar-refractivity contribution in [2.24, 2.45) is 5.92 Å². The molecule has 0 aromatic rings. The lowest BCUT2D eigenvalue weighted by atomic mass is 10.1. The van der Waals surface area contributed by atoms with Gasteiger partial charge in [0, 0.05) is 0 Å². The van der Waals surface area contributed by atoms with Gasteiger partial charge in [0.15, 0.2) is 0 Å². The Morgan fingerprint density at radius 3 is 2.00 bits per heavy atom. The largest absolute Gasteiger partial charge is 0.121 e. The first-order valence-corrected chi connectivity index (χ1v) is 3.87. The SMILES string of the molecule is CC1CCC(Cl)C1Cl. The molecule has 0 nitrogen and oxygen atoms in total. The third kappa shape index (κ3) is 1.11. The molecule has 3 unspecified atom stereocenters. The van der Waals surface area contributed by atoms with E-state index in [9.17, 15) is 0 Å². The quantitative estimate of drug-likeness (QED) is 0.469. The van der Waals surface area contributed by atoms with E-state index >= 15 is 0 Å². The molecule has 3 atom stereocenters. The fraction of sp³-hybridized carbons (Fsp3) is 1.00. The van der Waals surface area contributed by atoms with Crippen LogP contribution < -0.4 is 0 Å². The predicted molar refractivity (Wildman–Crippen MR) is 37.7 cm³/mol. The second-order valence-electron chi connectivity index (χ2n) is 2.52. The van der Waals surface area contributed by atoms with Crippen LogP contribution in [0.3, 0.4) is 0 Å². The maximum absolute atomic E-state index is 5.88. The first kappa shape index (κ1) is 6.70. The Kier molecular flexibility index (Phi) is 2.05. The zero-order chi connectivity index (χ0) is 6.15. The molecular weight excluding hydrogens is 143 g/mol. The van der Waals surface area contributed by atoms with Crippen molar-refractivity contribution in [2.45, 2.75) is 30.5 Å². The molecule has 0 N–H and O–H groups in total. The standard InChI is InChI=1S/C6H10Cl2/c1-4-2-3-5(7)6(4)8/h4-6H,2-3H2,1H3. The second-order valence-corrected chi connectivity index (χ2v) is 3.58. The van der Waals surface area contributed by atoms with E-state index in [1.165, 1.54) is 6.42 Å². The lowest BCUT2D eigenvalue weighted by molar-refractivity contribution is 0.619. The average Bonchev–Trinajstić information content (AvgIpc) is 1.98. The minimum absolute atomic E-state index is 0.219. The highest BCUT2D eigenvalue weighted by atomic mass is 35.5. The van der Waals surface area contributed by atoms with E-state index in [0.29, 0.717) is 5.92 Å². The lowest BCUT2D eigenvalue weighted by Gasteiger charge is -2.07. The number of hydrogen-bond acceptors (Lipinski definition) is 0. The van der Waals surface area contributed by atoms with Crippen LogP contribution in [0, 0.1) is 5.92 Å². The molecule has 1 fully saturated rings. The summed E-state index contributed by atoms with van der Waals surface area (Å²) in [6, 6.07) is 0. The van der Waals surface area contributed by atoms with Crippen LogP contribution in [0.4, 0.5) is 0 Å². The van der Waals surface area contributed by atoms with Crippen molar-refractivity contribution in [3.05, 3.63) is 0 Å². The van der Waals surface area contributed by atoms with E-state index < -0.39 is 0 Å². The highest BCUT2D eigenvalue weighted by molar-refractivity contribution is 6.30. The van der Waals surface area contributed by atoms with Crippen LogP contribution in [0.2, 0.25) is 0 Å². The number of halogens is 2. The maximum Gasteiger partial charge on any atom is 0.0525 e. The van der Waals surface area contributed by atoms with Gasteiger partial charge in [-0.25, -0.2) is 0 Å². The van der Waals surface area contributed by atoms with Crippen molar-refractivity contribution in [3.8, 4) is 0 Å². The summed E-state index contributed by atoms with van der Waals surface area (Å²) in [5.74, 6) is 0.624. The Morgan fingerprint density at radius 1 is 1.25 bits per heavy atom. The van der Waals surface area contributed by atoms with Crippen LogP contribution >= 0.6 is 23.2 Å². The third-order valence-corrected chi connectivity index (χ3v) is 3.14. The summed E-state index contributed by atoms with van der Waals surface area (Å²) in [5, 5.41) is 0.448. The predicted octanol–water partition coefficient (Wildman–Crippen LogP) is 2.63. The van der Waals surface area contributed by atoms with Crippen LogP contribution in [-0.2, 0) is 0 Å². The summed E-state index contributed by atoms with van der Waals surface area (Å²) in [6.07, 6.45) is 2.29. The molecule has 0 spiro atoms. The van der Waals surface area contributed by atoms with Crippen molar-refractivity contribution in [2.75, 3.05) is 0 Å². The van der Waals surface area contributed by atoms with E-state index in [0.717, 1.165) is 6.42 Å². The van der Waals surface area contributed by atoms with Crippen molar-refractivity contribution in [1.29, 1.82) is 0 Å². The van der Waals surface area contributed by atoms with Gasteiger partial charge >= 0.3 is 0 Å². The molecule has 8 heavy (non-hydrogen) atoms. The molecule has 0 aliphatic heterocycles. The molecule has 0 aromatic carbocycles. The monoisotopic (exact) mass is 152 g/mol. The minimum Gasteiger partial charge on any atom is -0.121 e. The first-order chi connectivity index (χ1) is 3.72. The minimum atomic E-state index is 0.219. The number of hydrogen-bond donors (Lipinski definition) is 0. The summed E-state index contributed by atoms with van der Waals surface area (Å²) in [5.41, 5.74) is 0. The summed E-state index contributed by atoms with van der Waals surface area (Å²) in [6.45, 7) is 2.15. The molecule has 1 aliphatic carbocycles.